The molecule has 0 aliphatic carbocycles. The largest absolute Gasteiger partial charge is 0.453 e. The maximum Gasteiger partial charge on any atom is 0.258 e. The molecule has 0 unspecified atom stereocenters. The van der Waals surface area contributed by atoms with E-state index in [4.69, 9.17) is 8.94 Å². The van der Waals surface area contributed by atoms with Crippen LogP contribution >= 0.6 is 0 Å². The Balaban J connectivity index is 2.14. The lowest BCUT2D eigenvalue weighted by molar-refractivity contribution is 0.110. The predicted molar refractivity (Wildman–Crippen MR) is 67.6 cm³/mol. The van der Waals surface area contributed by atoms with Crippen LogP contribution in [0, 0.1) is 6.92 Å². The molecule has 5 heteroatoms. The van der Waals surface area contributed by atoms with Gasteiger partial charge in [-0.15, -0.1) is 0 Å². The number of aldehydes is 1. The third-order valence-corrected chi connectivity index (χ3v) is 2.69. The Bertz CT molecular complexity index is 728. The molecule has 1 aromatic carbocycles. The first-order valence-electron chi connectivity index (χ1n) is 5.73. The van der Waals surface area contributed by atoms with Crippen LogP contribution in [-0.4, -0.2) is 16.4 Å². The van der Waals surface area contributed by atoms with E-state index in [2.05, 4.69) is 10.1 Å². The number of furan rings is 1. The maximum atomic E-state index is 10.7. The van der Waals surface area contributed by atoms with Gasteiger partial charge in [0.25, 0.3) is 5.89 Å². The zero-order chi connectivity index (χ0) is 13.2. The third kappa shape index (κ3) is 2.06. The Hall–Kier alpha value is -2.69. The average molecular weight is 254 g/mol. The van der Waals surface area contributed by atoms with Gasteiger partial charge in [0.1, 0.15) is 5.76 Å². The lowest BCUT2D eigenvalue weighted by atomic mass is 10.1. The molecule has 3 rings (SSSR count). The van der Waals surface area contributed by atoms with E-state index in [9.17, 15) is 4.79 Å². The minimum atomic E-state index is 0.284. The average Bonchev–Trinajstić information content (AvgIpc) is 3.07. The van der Waals surface area contributed by atoms with Crippen LogP contribution in [0.15, 0.2) is 45.3 Å². The summed E-state index contributed by atoms with van der Waals surface area (Å²) < 4.78 is 10.6. The first-order valence-corrected chi connectivity index (χ1v) is 5.73. The van der Waals surface area contributed by atoms with Crippen molar-refractivity contribution in [1.29, 1.82) is 0 Å². The van der Waals surface area contributed by atoms with Gasteiger partial charge in [-0.2, -0.15) is 4.98 Å². The van der Waals surface area contributed by atoms with Crippen molar-refractivity contribution in [2.24, 2.45) is 0 Å². The molecular formula is C14H10N2O3. The van der Waals surface area contributed by atoms with Crippen molar-refractivity contribution >= 4 is 6.29 Å². The standard InChI is InChI=1S/C14H10N2O3/c1-9-15-14(19-16-9)12-5-3-2-4-11(12)13-7-6-10(8-17)18-13/h2-8H,1H3. The number of aromatic nitrogens is 2. The van der Waals surface area contributed by atoms with Crippen LogP contribution in [-0.2, 0) is 0 Å². The molecule has 0 saturated heterocycles. The molecular weight excluding hydrogens is 244 g/mol. The fraction of sp³-hybridized carbons (Fsp3) is 0.0714. The number of carbonyl (C=O) groups excluding carboxylic acids is 1. The molecule has 3 aromatic rings. The molecule has 0 N–H and O–H groups in total. The van der Waals surface area contributed by atoms with Gasteiger partial charge in [0.2, 0.25) is 0 Å². The summed E-state index contributed by atoms with van der Waals surface area (Å²) in [6, 6.07) is 10.9. The normalized spacial score (nSPS) is 10.6. The maximum absolute atomic E-state index is 10.7. The molecule has 0 amide bonds. The molecule has 0 radical (unpaired) electrons. The van der Waals surface area contributed by atoms with E-state index in [1.54, 1.807) is 19.1 Å². The van der Waals surface area contributed by atoms with Crippen LogP contribution in [0.3, 0.4) is 0 Å². The minimum absolute atomic E-state index is 0.284. The molecule has 0 spiro atoms. The molecule has 0 atom stereocenters. The van der Waals surface area contributed by atoms with Crippen molar-refractivity contribution in [1.82, 2.24) is 10.1 Å². The minimum Gasteiger partial charge on any atom is -0.453 e. The van der Waals surface area contributed by atoms with Crippen LogP contribution < -0.4 is 0 Å². The van der Waals surface area contributed by atoms with E-state index in [0.717, 1.165) is 11.1 Å². The van der Waals surface area contributed by atoms with Crippen molar-refractivity contribution in [2.75, 3.05) is 0 Å². The van der Waals surface area contributed by atoms with Gasteiger partial charge in [0, 0.05) is 5.56 Å². The Labute approximate surface area is 108 Å². The monoisotopic (exact) mass is 254 g/mol. The number of aryl methyl sites for hydroxylation is 1. The molecule has 0 saturated carbocycles. The van der Waals surface area contributed by atoms with Gasteiger partial charge in [0.05, 0.1) is 5.56 Å². The molecule has 2 heterocycles. The Morgan fingerprint density at radius 3 is 2.53 bits per heavy atom. The summed E-state index contributed by atoms with van der Waals surface area (Å²) in [4.78, 5) is 14.9. The van der Waals surface area contributed by atoms with Crippen LogP contribution in [0.5, 0.6) is 0 Å². The number of hydrogen-bond acceptors (Lipinski definition) is 5. The lowest BCUT2D eigenvalue weighted by Crippen LogP contribution is -1.83. The first kappa shape index (κ1) is 11.4. The number of carbonyl (C=O) groups is 1. The molecule has 0 aliphatic rings. The number of benzene rings is 1. The van der Waals surface area contributed by atoms with E-state index in [1.165, 1.54) is 0 Å². The van der Waals surface area contributed by atoms with Crippen molar-refractivity contribution in [3.05, 3.63) is 48.0 Å². The molecule has 5 nitrogen and oxygen atoms in total. The summed E-state index contributed by atoms with van der Waals surface area (Å²) in [5.41, 5.74) is 1.58. The lowest BCUT2D eigenvalue weighted by Gasteiger charge is -2.02. The van der Waals surface area contributed by atoms with Crippen LogP contribution in [0.1, 0.15) is 16.4 Å². The number of rotatable bonds is 3. The second-order valence-corrected chi connectivity index (χ2v) is 4.01. The highest BCUT2D eigenvalue weighted by atomic mass is 16.5. The van der Waals surface area contributed by atoms with Crippen LogP contribution in [0.4, 0.5) is 0 Å². The summed E-state index contributed by atoms with van der Waals surface area (Å²) in [7, 11) is 0. The van der Waals surface area contributed by atoms with Gasteiger partial charge in [-0.3, -0.25) is 4.79 Å². The Morgan fingerprint density at radius 2 is 1.89 bits per heavy atom. The Kier molecular flexibility index (Phi) is 2.72. The predicted octanol–water partition coefficient (Wildman–Crippen LogP) is 3.12. The summed E-state index contributed by atoms with van der Waals surface area (Å²) in [5, 5.41) is 3.78. The number of nitrogens with zero attached hydrogens (tertiary/aromatic N) is 2. The van der Waals surface area contributed by atoms with Gasteiger partial charge in [0.15, 0.2) is 17.9 Å². The highest BCUT2D eigenvalue weighted by molar-refractivity contribution is 5.79. The van der Waals surface area contributed by atoms with Gasteiger partial charge in [-0.1, -0.05) is 23.4 Å². The summed E-state index contributed by atoms with van der Waals surface area (Å²) >= 11 is 0. The molecule has 2 aromatic heterocycles. The fourth-order valence-corrected chi connectivity index (χ4v) is 1.85. The molecule has 19 heavy (non-hydrogen) atoms. The molecule has 0 fully saturated rings. The SMILES string of the molecule is Cc1noc(-c2ccccc2-c2ccc(C=O)o2)n1. The molecule has 0 bridgehead atoms. The van der Waals surface area contributed by atoms with Gasteiger partial charge in [-0.25, -0.2) is 0 Å². The van der Waals surface area contributed by atoms with Crippen molar-refractivity contribution in [3.8, 4) is 22.8 Å². The van der Waals surface area contributed by atoms with E-state index in [-0.39, 0.29) is 5.76 Å². The van der Waals surface area contributed by atoms with Crippen molar-refractivity contribution in [3.63, 3.8) is 0 Å². The second-order valence-electron chi connectivity index (χ2n) is 4.01. The summed E-state index contributed by atoms with van der Waals surface area (Å²) in [6.07, 6.45) is 0.670. The molecule has 0 aliphatic heterocycles. The van der Waals surface area contributed by atoms with E-state index in [1.807, 2.05) is 24.3 Å². The molecule has 94 valence electrons. The van der Waals surface area contributed by atoms with Crippen molar-refractivity contribution < 1.29 is 13.7 Å². The topological polar surface area (TPSA) is 69.1 Å². The van der Waals surface area contributed by atoms with Gasteiger partial charge < -0.3 is 8.94 Å². The van der Waals surface area contributed by atoms with Crippen molar-refractivity contribution in [2.45, 2.75) is 6.92 Å². The summed E-state index contributed by atoms with van der Waals surface area (Å²) in [6.45, 7) is 1.76. The third-order valence-electron chi connectivity index (χ3n) is 2.69. The fourth-order valence-electron chi connectivity index (χ4n) is 1.85. The smallest absolute Gasteiger partial charge is 0.258 e. The highest BCUT2D eigenvalue weighted by Crippen LogP contribution is 2.31. The zero-order valence-electron chi connectivity index (χ0n) is 10.2. The van der Waals surface area contributed by atoms with Crippen LogP contribution in [0.2, 0.25) is 0 Å². The van der Waals surface area contributed by atoms with E-state index in [0.29, 0.717) is 23.8 Å². The van der Waals surface area contributed by atoms with E-state index >= 15 is 0 Å². The van der Waals surface area contributed by atoms with Crippen LogP contribution in [0.25, 0.3) is 22.8 Å². The summed E-state index contributed by atoms with van der Waals surface area (Å²) in [5.74, 6) is 1.87. The van der Waals surface area contributed by atoms with E-state index < -0.39 is 0 Å². The highest BCUT2D eigenvalue weighted by Gasteiger charge is 2.14. The first-order chi connectivity index (χ1) is 9.28. The zero-order valence-corrected chi connectivity index (χ0v) is 10.2. The number of hydrogen-bond donors (Lipinski definition) is 0. The van der Waals surface area contributed by atoms with Gasteiger partial charge >= 0.3 is 0 Å². The second kappa shape index (κ2) is 4.53. The van der Waals surface area contributed by atoms with Gasteiger partial charge in [-0.05, 0) is 25.1 Å². The Morgan fingerprint density at radius 1 is 1.11 bits per heavy atom. The quantitative estimate of drug-likeness (QED) is 0.671.